The second-order valence-corrected chi connectivity index (χ2v) is 7.99. The summed E-state index contributed by atoms with van der Waals surface area (Å²) in [5.41, 5.74) is 5.28. The Hall–Kier alpha value is -2.62. The lowest BCUT2D eigenvalue weighted by Crippen LogP contribution is -2.48. The van der Waals surface area contributed by atoms with Crippen LogP contribution in [-0.2, 0) is 0 Å². The van der Waals surface area contributed by atoms with Gasteiger partial charge >= 0.3 is 0 Å². The van der Waals surface area contributed by atoms with Gasteiger partial charge in [-0.3, -0.25) is 9.59 Å². The van der Waals surface area contributed by atoms with Crippen LogP contribution >= 0.6 is 0 Å². The van der Waals surface area contributed by atoms with Gasteiger partial charge < -0.3 is 10.2 Å². The quantitative estimate of drug-likeness (QED) is 0.896. The molecule has 0 aromatic heterocycles. The zero-order chi connectivity index (χ0) is 19.8. The first-order valence-electron chi connectivity index (χ1n) is 9.46. The van der Waals surface area contributed by atoms with Gasteiger partial charge in [-0.15, -0.1) is 0 Å². The van der Waals surface area contributed by atoms with E-state index in [0.29, 0.717) is 18.7 Å². The molecule has 1 atom stereocenters. The molecule has 0 saturated carbocycles. The van der Waals surface area contributed by atoms with Gasteiger partial charge in [-0.05, 0) is 75.4 Å². The SMILES string of the molecule is Cc1cccc(C(=O)NC2(C)CCN(C(=O)c3cccc(C)c3C)C2)c1C. The number of likely N-dealkylation sites (tertiary alicyclic amines) is 1. The normalized spacial score (nSPS) is 19.2. The third kappa shape index (κ3) is 3.75. The molecule has 1 aliphatic heterocycles. The Bertz CT molecular complexity index is 903. The zero-order valence-corrected chi connectivity index (χ0v) is 16.8. The Morgan fingerprint density at radius 2 is 1.48 bits per heavy atom. The van der Waals surface area contributed by atoms with Crippen molar-refractivity contribution in [3.05, 3.63) is 69.8 Å². The third-order valence-electron chi connectivity index (χ3n) is 5.86. The molecule has 0 spiro atoms. The molecule has 2 aromatic carbocycles. The lowest BCUT2D eigenvalue weighted by molar-refractivity contribution is 0.0768. The molecule has 1 unspecified atom stereocenters. The standard InChI is InChI=1S/C23H28N2O2/c1-15-8-6-10-19(17(15)3)21(26)24-23(5)12-13-25(14-23)22(27)20-11-7-9-16(2)18(20)4/h6-11H,12-14H2,1-5H3,(H,24,26). The largest absolute Gasteiger partial charge is 0.345 e. The minimum Gasteiger partial charge on any atom is -0.345 e. The molecule has 142 valence electrons. The van der Waals surface area contributed by atoms with Crippen molar-refractivity contribution in [1.82, 2.24) is 10.2 Å². The van der Waals surface area contributed by atoms with Gasteiger partial charge in [-0.25, -0.2) is 0 Å². The van der Waals surface area contributed by atoms with Crippen molar-refractivity contribution in [2.75, 3.05) is 13.1 Å². The van der Waals surface area contributed by atoms with Gasteiger partial charge in [0.15, 0.2) is 0 Å². The molecule has 1 saturated heterocycles. The summed E-state index contributed by atoms with van der Waals surface area (Å²) in [4.78, 5) is 27.6. The molecule has 1 aliphatic rings. The summed E-state index contributed by atoms with van der Waals surface area (Å²) in [5.74, 6) is -0.0272. The fourth-order valence-corrected chi connectivity index (χ4v) is 3.73. The van der Waals surface area contributed by atoms with Crippen LogP contribution in [0.15, 0.2) is 36.4 Å². The second-order valence-electron chi connectivity index (χ2n) is 7.99. The summed E-state index contributed by atoms with van der Waals surface area (Å²) < 4.78 is 0. The van der Waals surface area contributed by atoms with Gasteiger partial charge in [-0.2, -0.15) is 0 Å². The van der Waals surface area contributed by atoms with Gasteiger partial charge in [0.1, 0.15) is 0 Å². The van der Waals surface area contributed by atoms with Crippen LogP contribution in [0, 0.1) is 27.7 Å². The number of carbonyl (C=O) groups is 2. The van der Waals surface area contributed by atoms with Crippen molar-refractivity contribution in [2.24, 2.45) is 0 Å². The first-order chi connectivity index (χ1) is 12.7. The van der Waals surface area contributed by atoms with Crippen molar-refractivity contribution in [1.29, 1.82) is 0 Å². The molecule has 1 heterocycles. The maximum atomic E-state index is 13.0. The molecule has 0 aliphatic carbocycles. The topological polar surface area (TPSA) is 49.4 Å². The van der Waals surface area contributed by atoms with E-state index in [9.17, 15) is 9.59 Å². The summed E-state index contributed by atoms with van der Waals surface area (Å²) in [6.45, 7) is 11.2. The zero-order valence-electron chi connectivity index (χ0n) is 16.8. The highest BCUT2D eigenvalue weighted by Gasteiger charge is 2.38. The minimum absolute atomic E-state index is 0.0425. The van der Waals surface area contributed by atoms with Crippen LogP contribution in [0.2, 0.25) is 0 Å². The molecule has 0 bridgehead atoms. The Morgan fingerprint density at radius 3 is 2.11 bits per heavy atom. The van der Waals surface area contributed by atoms with Crippen LogP contribution in [0.1, 0.15) is 56.3 Å². The van der Waals surface area contributed by atoms with Crippen LogP contribution in [0.3, 0.4) is 0 Å². The minimum atomic E-state index is -0.416. The first-order valence-corrected chi connectivity index (χ1v) is 9.46. The predicted molar refractivity (Wildman–Crippen MR) is 108 cm³/mol. The maximum Gasteiger partial charge on any atom is 0.254 e. The van der Waals surface area contributed by atoms with E-state index >= 15 is 0 Å². The maximum absolute atomic E-state index is 13.0. The van der Waals surface area contributed by atoms with Crippen molar-refractivity contribution in [3.8, 4) is 0 Å². The molecule has 4 heteroatoms. The molecule has 3 rings (SSSR count). The first kappa shape index (κ1) is 19.2. The highest BCUT2D eigenvalue weighted by Crippen LogP contribution is 2.25. The number of hydrogen-bond acceptors (Lipinski definition) is 2. The van der Waals surface area contributed by atoms with Crippen molar-refractivity contribution in [3.63, 3.8) is 0 Å². The molecule has 1 fully saturated rings. The van der Waals surface area contributed by atoms with E-state index in [2.05, 4.69) is 5.32 Å². The molecule has 1 N–H and O–H groups in total. The Labute approximate surface area is 161 Å². The number of rotatable bonds is 3. The van der Waals surface area contributed by atoms with Crippen molar-refractivity contribution >= 4 is 11.8 Å². The van der Waals surface area contributed by atoms with Crippen LogP contribution in [0.5, 0.6) is 0 Å². The molecule has 2 amide bonds. The van der Waals surface area contributed by atoms with Crippen LogP contribution in [-0.4, -0.2) is 35.3 Å². The average molecular weight is 364 g/mol. The molecule has 4 nitrogen and oxygen atoms in total. The van der Waals surface area contributed by atoms with E-state index in [4.69, 9.17) is 0 Å². The highest BCUT2D eigenvalue weighted by atomic mass is 16.2. The number of aryl methyl sites for hydroxylation is 2. The van der Waals surface area contributed by atoms with Gasteiger partial charge in [0.2, 0.25) is 0 Å². The fourth-order valence-electron chi connectivity index (χ4n) is 3.73. The summed E-state index contributed by atoms with van der Waals surface area (Å²) >= 11 is 0. The highest BCUT2D eigenvalue weighted by molar-refractivity contribution is 5.97. The van der Waals surface area contributed by atoms with E-state index in [1.807, 2.05) is 75.9 Å². The Kier molecular flexibility index (Phi) is 5.09. The number of nitrogens with one attached hydrogen (secondary N) is 1. The molecule has 27 heavy (non-hydrogen) atoms. The molecular formula is C23H28N2O2. The van der Waals surface area contributed by atoms with Gasteiger partial charge in [0.25, 0.3) is 11.8 Å². The van der Waals surface area contributed by atoms with Crippen LogP contribution < -0.4 is 5.32 Å². The molecular weight excluding hydrogens is 336 g/mol. The fraction of sp³-hybridized carbons (Fsp3) is 0.391. The number of carbonyl (C=O) groups excluding carboxylic acids is 2. The average Bonchev–Trinajstić information content (AvgIpc) is 3.01. The predicted octanol–water partition coefficient (Wildman–Crippen LogP) is 3.95. The molecule has 2 aromatic rings. The number of amides is 2. The van der Waals surface area contributed by atoms with E-state index in [1.54, 1.807) is 0 Å². The third-order valence-corrected chi connectivity index (χ3v) is 5.86. The Balaban J connectivity index is 1.74. The second kappa shape index (κ2) is 7.18. The van der Waals surface area contributed by atoms with Crippen molar-refractivity contribution in [2.45, 2.75) is 46.6 Å². The van der Waals surface area contributed by atoms with Crippen molar-refractivity contribution < 1.29 is 9.59 Å². The van der Waals surface area contributed by atoms with Crippen LogP contribution in [0.25, 0.3) is 0 Å². The van der Waals surface area contributed by atoms with Crippen LogP contribution in [0.4, 0.5) is 0 Å². The summed E-state index contributed by atoms with van der Waals surface area (Å²) in [6, 6.07) is 11.6. The van der Waals surface area contributed by atoms with E-state index in [0.717, 1.165) is 34.2 Å². The smallest absolute Gasteiger partial charge is 0.254 e. The summed E-state index contributed by atoms with van der Waals surface area (Å²) in [7, 11) is 0. The molecule has 0 radical (unpaired) electrons. The number of hydrogen-bond donors (Lipinski definition) is 1. The number of nitrogens with zero attached hydrogens (tertiary/aromatic N) is 1. The van der Waals surface area contributed by atoms with E-state index < -0.39 is 5.54 Å². The lowest BCUT2D eigenvalue weighted by atomic mass is 9.98. The van der Waals surface area contributed by atoms with E-state index in [-0.39, 0.29) is 11.8 Å². The van der Waals surface area contributed by atoms with E-state index in [1.165, 1.54) is 0 Å². The number of benzene rings is 2. The monoisotopic (exact) mass is 364 g/mol. The van der Waals surface area contributed by atoms with Gasteiger partial charge in [0.05, 0.1) is 5.54 Å². The van der Waals surface area contributed by atoms with Gasteiger partial charge in [0, 0.05) is 24.2 Å². The lowest BCUT2D eigenvalue weighted by Gasteiger charge is -2.27. The van der Waals surface area contributed by atoms with Gasteiger partial charge in [-0.1, -0.05) is 24.3 Å². The summed E-state index contributed by atoms with van der Waals surface area (Å²) in [5, 5.41) is 3.17. The Morgan fingerprint density at radius 1 is 0.926 bits per heavy atom. The summed E-state index contributed by atoms with van der Waals surface area (Å²) in [6.07, 6.45) is 0.750.